The summed E-state index contributed by atoms with van der Waals surface area (Å²) in [5.41, 5.74) is -1.49. The van der Waals surface area contributed by atoms with Gasteiger partial charge in [-0.05, 0) is 6.42 Å². The van der Waals surface area contributed by atoms with E-state index in [1.54, 1.807) is 23.6 Å². The Morgan fingerprint density at radius 1 is 1.58 bits per heavy atom. The fourth-order valence-corrected chi connectivity index (χ4v) is 2.90. The number of nitrogens with one attached hydrogen (secondary N) is 1. The Balaban J connectivity index is 2.02. The van der Waals surface area contributed by atoms with Gasteiger partial charge in [0.15, 0.2) is 11.2 Å². The molecule has 0 spiro atoms. The van der Waals surface area contributed by atoms with Gasteiger partial charge in [-0.25, -0.2) is 9.98 Å². The van der Waals surface area contributed by atoms with Crippen LogP contribution in [0.25, 0.3) is 11.2 Å². The van der Waals surface area contributed by atoms with Crippen molar-refractivity contribution in [2.24, 2.45) is 4.99 Å². The molecule has 0 radical (unpaired) electrons. The minimum Gasteiger partial charge on any atom is -0.393 e. The zero-order chi connectivity index (χ0) is 17.5. The number of aliphatic hydroxyl groups excluding tert-OH is 2. The van der Waals surface area contributed by atoms with E-state index in [0.717, 1.165) is 0 Å². The van der Waals surface area contributed by atoms with Gasteiger partial charge in [0.1, 0.15) is 5.60 Å². The molecule has 130 valence electrons. The van der Waals surface area contributed by atoms with Crippen molar-refractivity contribution in [1.82, 2.24) is 24.4 Å². The number of H-pyrrole nitrogens is 1. The molecule has 0 amide bonds. The molecule has 0 unspecified atom stereocenters. The summed E-state index contributed by atoms with van der Waals surface area (Å²) in [5, 5.41) is 29.5. The average Bonchev–Trinajstić information content (AvgIpc) is 3.08. The van der Waals surface area contributed by atoms with Gasteiger partial charge in [0.05, 0.1) is 25.4 Å². The first-order chi connectivity index (χ1) is 11.3. The SMILES string of the molecule is CN(C)/C=N/c1nc2c(ncn2[C@H]2C[C@H](O)[C@@](O)(CO)C2)c(=O)[nH]1. The van der Waals surface area contributed by atoms with Crippen LogP contribution in [-0.4, -0.2) is 78.5 Å². The zero-order valence-electron chi connectivity index (χ0n) is 13.4. The van der Waals surface area contributed by atoms with E-state index in [1.165, 1.54) is 12.7 Å². The molecular formula is C14H20N6O4. The van der Waals surface area contributed by atoms with E-state index >= 15 is 0 Å². The first-order valence-corrected chi connectivity index (χ1v) is 7.53. The summed E-state index contributed by atoms with van der Waals surface area (Å²) in [6.45, 7) is -0.538. The van der Waals surface area contributed by atoms with Gasteiger partial charge in [0, 0.05) is 26.6 Å². The van der Waals surface area contributed by atoms with Crippen molar-refractivity contribution < 1.29 is 15.3 Å². The second-order valence-electron chi connectivity index (χ2n) is 6.29. The molecule has 2 aromatic heterocycles. The van der Waals surface area contributed by atoms with Crippen molar-refractivity contribution in [3.63, 3.8) is 0 Å². The molecule has 3 rings (SSSR count). The highest BCUT2D eigenvalue weighted by Crippen LogP contribution is 2.38. The number of aromatic amines is 1. The number of aliphatic imine (C=N–C) groups is 1. The standard InChI is InChI=1S/C14H20N6O4/c1-19(2)6-16-13-17-11-10(12(23)18-13)15-7-20(11)8-3-9(22)14(24,4-8)5-21/h6-9,21-22,24H,3-5H2,1-2H3,(H,17,18,23)/b16-6+/t8-,9-,14-/m0/s1. The normalized spacial score (nSPS) is 27.4. The Morgan fingerprint density at radius 3 is 2.96 bits per heavy atom. The number of rotatable bonds is 4. The van der Waals surface area contributed by atoms with Gasteiger partial charge >= 0.3 is 0 Å². The first-order valence-electron chi connectivity index (χ1n) is 7.53. The first kappa shape index (κ1) is 16.6. The lowest BCUT2D eigenvalue weighted by atomic mass is 10.0. The number of imidazole rings is 1. The third-order valence-electron chi connectivity index (χ3n) is 4.20. The van der Waals surface area contributed by atoms with E-state index in [9.17, 15) is 20.1 Å². The van der Waals surface area contributed by atoms with Crippen LogP contribution in [0.4, 0.5) is 5.95 Å². The van der Waals surface area contributed by atoms with E-state index < -0.39 is 23.9 Å². The van der Waals surface area contributed by atoms with Crippen LogP contribution in [0, 0.1) is 0 Å². The van der Waals surface area contributed by atoms with Gasteiger partial charge in [-0.3, -0.25) is 9.78 Å². The summed E-state index contributed by atoms with van der Waals surface area (Å²) < 4.78 is 1.64. The molecule has 24 heavy (non-hydrogen) atoms. The zero-order valence-corrected chi connectivity index (χ0v) is 13.4. The molecular weight excluding hydrogens is 316 g/mol. The lowest BCUT2D eigenvalue weighted by Crippen LogP contribution is -2.40. The van der Waals surface area contributed by atoms with Crippen molar-refractivity contribution in [3.05, 3.63) is 16.7 Å². The highest BCUT2D eigenvalue weighted by molar-refractivity contribution is 5.71. The highest BCUT2D eigenvalue weighted by atomic mass is 16.4. The van der Waals surface area contributed by atoms with E-state index in [4.69, 9.17) is 0 Å². The molecule has 10 nitrogen and oxygen atoms in total. The molecule has 1 aliphatic carbocycles. The number of aliphatic hydroxyl groups is 3. The predicted molar refractivity (Wildman–Crippen MR) is 86.3 cm³/mol. The van der Waals surface area contributed by atoms with Crippen molar-refractivity contribution in [2.45, 2.75) is 30.6 Å². The maximum absolute atomic E-state index is 12.1. The number of nitrogens with zero attached hydrogens (tertiary/aromatic N) is 5. The van der Waals surface area contributed by atoms with Crippen molar-refractivity contribution >= 4 is 23.5 Å². The Hall–Kier alpha value is -2.30. The van der Waals surface area contributed by atoms with Crippen molar-refractivity contribution in [1.29, 1.82) is 0 Å². The van der Waals surface area contributed by atoms with Crippen LogP contribution in [0.5, 0.6) is 0 Å². The third kappa shape index (κ3) is 2.79. The topological polar surface area (TPSA) is 140 Å². The maximum Gasteiger partial charge on any atom is 0.280 e. The van der Waals surface area contributed by atoms with Crippen molar-refractivity contribution in [2.75, 3.05) is 20.7 Å². The van der Waals surface area contributed by atoms with Gasteiger partial charge in [-0.15, -0.1) is 0 Å². The van der Waals surface area contributed by atoms with Crippen LogP contribution >= 0.6 is 0 Å². The highest BCUT2D eigenvalue weighted by Gasteiger charge is 2.46. The van der Waals surface area contributed by atoms with Gasteiger partial charge in [0.25, 0.3) is 5.56 Å². The summed E-state index contributed by atoms with van der Waals surface area (Å²) in [6, 6.07) is -0.331. The largest absolute Gasteiger partial charge is 0.393 e. The monoisotopic (exact) mass is 336 g/mol. The fraction of sp³-hybridized carbons (Fsp3) is 0.571. The number of aromatic nitrogens is 4. The fourth-order valence-electron chi connectivity index (χ4n) is 2.90. The number of hydrogen-bond donors (Lipinski definition) is 4. The summed E-state index contributed by atoms with van der Waals surface area (Å²) in [7, 11) is 3.58. The Kier molecular flexibility index (Phi) is 4.11. The number of fused-ring (bicyclic) bond motifs is 1. The molecule has 10 heteroatoms. The van der Waals surface area contributed by atoms with E-state index in [1.807, 2.05) is 0 Å². The molecule has 0 aliphatic heterocycles. The second kappa shape index (κ2) is 5.96. The smallest absolute Gasteiger partial charge is 0.280 e. The van der Waals surface area contributed by atoms with Crippen LogP contribution in [0.1, 0.15) is 18.9 Å². The van der Waals surface area contributed by atoms with Crippen molar-refractivity contribution in [3.8, 4) is 0 Å². The molecule has 3 atom stereocenters. The lowest BCUT2D eigenvalue weighted by molar-refractivity contribution is -0.0855. The second-order valence-corrected chi connectivity index (χ2v) is 6.29. The minimum absolute atomic E-state index is 0.138. The predicted octanol–water partition coefficient (Wildman–Crippen LogP) is -1.24. The molecule has 4 N–H and O–H groups in total. The van der Waals surface area contributed by atoms with Crippen LogP contribution in [0.3, 0.4) is 0 Å². The lowest BCUT2D eigenvalue weighted by Gasteiger charge is -2.23. The van der Waals surface area contributed by atoms with Gasteiger partial charge in [-0.1, -0.05) is 0 Å². The summed E-state index contributed by atoms with van der Waals surface area (Å²) in [5.74, 6) is 0.138. The molecule has 2 heterocycles. The molecule has 1 fully saturated rings. The molecule has 0 aromatic carbocycles. The maximum atomic E-state index is 12.1. The minimum atomic E-state index is -1.56. The number of hydrogen-bond acceptors (Lipinski definition) is 7. The Bertz CT molecular complexity index is 828. The van der Waals surface area contributed by atoms with Gasteiger partial charge < -0.3 is 24.8 Å². The Labute approximate surface area is 137 Å². The van der Waals surface area contributed by atoms with Crippen LogP contribution in [0.15, 0.2) is 16.1 Å². The van der Waals surface area contributed by atoms with Crippen LogP contribution in [0.2, 0.25) is 0 Å². The average molecular weight is 336 g/mol. The molecule has 1 aliphatic rings. The van der Waals surface area contributed by atoms with Crippen LogP contribution in [-0.2, 0) is 0 Å². The molecule has 2 aromatic rings. The quantitative estimate of drug-likeness (QED) is 0.404. The summed E-state index contributed by atoms with van der Waals surface area (Å²) >= 11 is 0. The summed E-state index contributed by atoms with van der Waals surface area (Å²) in [6.07, 6.45) is 2.27. The van der Waals surface area contributed by atoms with E-state index in [2.05, 4.69) is 19.9 Å². The summed E-state index contributed by atoms with van der Waals surface area (Å²) in [4.78, 5) is 28.8. The van der Waals surface area contributed by atoms with Gasteiger partial charge in [0.2, 0.25) is 5.95 Å². The van der Waals surface area contributed by atoms with E-state index in [-0.39, 0.29) is 30.3 Å². The third-order valence-corrected chi connectivity index (χ3v) is 4.20. The molecule has 1 saturated carbocycles. The molecule has 0 saturated heterocycles. The van der Waals surface area contributed by atoms with Gasteiger partial charge in [-0.2, -0.15) is 4.98 Å². The van der Waals surface area contributed by atoms with E-state index in [0.29, 0.717) is 5.65 Å². The molecule has 0 bridgehead atoms. The van der Waals surface area contributed by atoms with Crippen LogP contribution < -0.4 is 5.56 Å². The Morgan fingerprint density at radius 2 is 2.33 bits per heavy atom.